The Bertz CT molecular complexity index is 1200. The Morgan fingerprint density at radius 2 is 1.89 bits per heavy atom. The summed E-state index contributed by atoms with van der Waals surface area (Å²) in [5.41, 5.74) is 6.42. The van der Waals surface area contributed by atoms with Gasteiger partial charge in [-0.25, -0.2) is 10.8 Å². The standard InChI is InChI=1S/C23H29F5N6O2S/c1-5-14-9-19(32-11-18(14)34(31)13-22(24,25)23(26,27)28)33-20(37(35,36)6-2)16-8-7-15(10-17(16)30)21(3,4)12-29/h7-11,17H,5-6,13,30-31H2,1-4H3,(H-,32,33,35,36)/p+1/b20-16+. The van der Waals surface area contributed by atoms with Crippen LogP contribution in [-0.4, -0.2) is 40.0 Å². The number of halogens is 5. The number of alkyl halides is 5. The molecule has 6 N–H and O–H groups in total. The van der Waals surface area contributed by atoms with Gasteiger partial charge >= 0.3 is 12.1 Å². The Morgan fingerprint density at radius 1 is 1.27 bits per heavy atom. The van der Waals surface area contributed by atoms with Crippen molar-refractivity contribution < 1.29 is 30.7 Å². The van der Waals surface area contributed by atoms with Gasteiger partial charge in [-0.1, -0.05) is 29.4 Å². The number of anilines is 2. The number of hydrogen-bond acceptors (Lipinski definition) is 7. The van der Waals surface area contributed by atoms with Crippen LogP contribution in [0.4, 0.5) is 33.5 Å². The van der Waals surface area contributed by atoms with E-state index in [4.69, 9.17) is 11.6 Å². The molecule has 0 aromatic carbocycles. The Labute approximate surface area is 213 Å². The minimum Gasteiger partial charge on any atom is -0.321 e. The molecule has 1 aromatic heterocycles. The molecule has 8 nitrogen and oxygen atoms in total. The Hall–Kier alpha value is -2.86. The minimum atomic E-state index is -5.78. The van der Waals surface area contributed by atoms with Crippen LogP contribution in [0.2, 0.25) is 0 Å². The topological polar surface area (TPSA) is 141 Å². The third kappa shape index (κ3) is 6.72. The Kier molecular flexibility index (Phi) is 8.91. The summed E-state index contributed by atoms with van der Waals surface area (Å²) in [5.74, 6) is 0.329. The number of allylic oxidation sites excluding steroid dienone is 2. The van der Waals surface area contributed by atoms with Crippen LogP contribution in [0.1, 0.15) is 33.3 Å². The van der Waals surface area contributed by atoms with E-state index >= 15 is 0 Å². The highest BCUT2D eigenvalue weighted by molar-refractivity contribution is 8.01. The zero-order chi connectivity index (χ0) is 28.4. The largest absolute Gasteiger partial charge is 0.455 e. The molecule has 2 rings (SSSR count). The number of nitriles is 1. The second-order valence-electron chi connectivity index (χ2n) is 8.94. The fourth-order valence-corrected chi connectivity index (χ4v) is 4.55. The van der Waals surface area contributed by atoms with Crippen LogP contribution in [-0.2, 0) is 20.8 Å². The van der Waals surface area contributed by atoms with E-state index in [1.54, 1.807) is 32.9 Å². The van der Waals surface area contributed by atoms with Crippen molar-refractivity contribution in [3.8, 4) is 6.07 Å². The number of nitrogens with two attached hydrogens (primary N) is 2. The molecule has 0 fully saturated rings. The third-order valence-electron chi connectivity index (χ3n) is 5.82. The summed E-state index contributed by atoms with van der Waals surface area (Å²) in [6, 6.07) is 2.65. The highest BCUT2D eigenvalue weighted by Crippen LogP contribution is 2.37. The second kappa shape index (κ2) is 10.9. The lowest BCUT2D eigenvalue weighted by atomic mass is 9.81. The predicted molar refractivity (Wildman–Crippen MR) is 133 cm³/mol. The molecular weight excluding hydrogens is 519 g/mol. The van der Waals surface area contributed by atoms with Gasteiger partial charge in [0.1, 0.15) is 18.1 Å². The SMILES string of the molecule is CCc1cc(N/C(=C2/C=CC(C(C)(C)C#N)=CC2N)[S+](=O)(O)CC)ncc1N(N)CC(F)(F)C(F)(F)F. The normalized spacial score (nSPS) is 19.5. The summed E-state index contributed by atoms with van der Waals surface area (Å²) in [7, 11) is -3.64. The van der Waals surface area contributed by atoms with Crippen molar-refractivity contribution in [3.63, 3.8) is 0 Å². The van der Waals surface area contributed by atoms with Crippen molar-refractivity contribution in [2.75, 3.05) is 22.6 Å². The summed E-state index contributed by atoms with van der Waals surface area (Å²) in [6.45, 7) is 4.70. The molecule has 204 valence electrons. The van der Waals surface area contributed by atoms with Crippen molar-refractivity contribution in [1.29, 1.82) is 5.26 Å². The summed E-state index contributed by atoms with van der Waals surface area (Å²) in [4.78, 5) is 4.02. The zero-order valence-corrected chi connectivity index (χ0v) is 21.6. The molecule has 0 saturated carbocycles. The van der Waals surface area contributed by atoms with Crippen LogP contribution in [0.15, 0.2) is 46.7 Å². The van der Waals surface area contributed by atoms with E-state index in [9.17, 15) is 36.0 Å². The Morgan fingerprint density at radius 3 is 2.38 bits per heavy atom. The first-order chi connectivity index (χ1) is 16.9. The van der Waals surface area contributed by atoms with E-state index in [-0.39, 0.29) is 44.9 Å². The van der Waals surface area contributed by atoms with E-state index < -0.39 is 40.3 Å². The van der Waals surface area contributed by atoms with Crippen LogP contribution in [0.25, 0.3) is 0 Å². The number of rotatable bonds is 9. The van der Waals surface area contributed by atoms with Crippen LogP contribution in [0.5, 0.6) is 0 Å². The van der Waals surface area contributed by atoms with Gasteiger partial charge in [-0.05, 0) is 44.4 Å². The number of nitrogens with one attached hydrogen (secondary N) is 1. The van der Waals surface area contributed by atoms with Gasteiger partial charge in [0.15, 0.2) is 0 Å². The maximum Gasteiger partial charge on any atom is 0.455 e. The second-order valence-corrected chi connectivity index (χ2v) is 11.2. The van der Waals surface area contributed by atoms with Crippen molar-refractivity contribution in [3.05, 3.63) is 52.2 Å². The first kappa shape index (κ1) is 30.4. The molecule has 1 aliphatic rings. The summed E-state index contributed by atoms with van der Waals surface area (Å²) in [6.07, 6.45) is 0.161. The minimum absolute atomic E-state index is 0.0297. The molecule has 2 unspecified atom stereocenters. The maximum atomic E-state index is 13.5. The van der Waals surface area contributed by atoms with Crippen molar-refractivity contribution in [2.24, 2.45) is 17.0 Å². The van der Waals surface area contributed by atoms with Gasteiger partial charge in [-0.2, -0.15) is 31.8 Å². The van der Waals surface area contributed by atoms with E-state index in [1.807, 2.05) is 0 Å². The Balaban J connectivity index is 2.48. The van der Waals surface area contributed by atoms with Gasteiger partial charge in [-0.3, -0.25) is 5.32 Å². The molecule has 14 heteroatoms. The molecule has 0 amide bonds. The monoisotopic (exact) mass is 549 g/mol. The lowest BCUT2D eigenvalue weighted by Gasteiger charge is -2.27. The molecule has 37 heavy (non-hydrogen) atoms. The van der Waals surface area contributed by atoms with Crippen LogP contribution in [0.3, 0.4) is 0 Å². The molecule has 0 bridgehead atoms. The number of pyridine rings is 1. The summed E-state index contributed by atoms with van der Waals surface area (Å²) < 4.78 is 88.6. The first-order valence-electron chi connectivity index (χ1n) is 11.2. The number of nitrogens with zero attached hydrogens (tertiary/aromatic N) is 3. The van der Waals surface area contributed by atoms with Crippen molar-refractivity contribution >= 4 is 21.7 Å². The fourth-order valence-electron chi connectivity index (χ4n) is 3.42. The van der Waals surface area contributed by atoms with Gasteiger partial charge in [0, 0.05) is 5.57 Å². The first-order valence-corrected chi connectivity index (χ1v) is 12.9. The average Bonchev–Trinajstić information content (AvgIpc) is 2.81. The molecule has 0 saturated heterocycles. The smallest absolute Gasteiger partial charge is 0.321 e. The lowest BCUT2D eigenvalue weighted by molar-refractivity contribution is -0.277. The van der Waals surface area contributed by atoms with E-state index in [0.29, 0.717) is 5.57 Å². The fraction of sp³-hybridized carbons (Fsp3) is 0.478. The maximum absolute atomic E-state index is 13.5. The van der Waals surface area contributed by atoms with Gasteiger partial charge in [-0.15, -0.1) is 0 Å². The van der Waals surface area contributed by atoms with Crippen molar-refractivity contribution in [1.82, 2.24) is 4.98 Å². The van der Waals surface area contributed by atoms with Gasteiger partial charge < -0.3 is 10.7 Å². The van der Waals surface area contributed by atoms with Crippen LogP contribution in [0, 0.1) is 16.7 Å². The van der Waals surface area contributed by atoms with Gasteiger partial charge in [0.05, 0.1) is 29.4 Å². The van der Waals surface area contributed by atoms with E-state index in [1.165, 1.54) is 19.1 Å². The number of aryl methyl sites for hydroxylation is 1. The highest BCUT2D eigenvalue weighted by Gasteiger charge is 2.58. The van der Waals surface area contributed by atoms with Crippen LogP contribution < -0.4 is 21.9 Å². The molecule has 2 atom stereocenters. The zero-order valence-electron chi connectivity index (χ0n) is 20.7. The molecule has 1 aromatic rings. The van der Waals surface area contributed by atoms with E-state index in [2.05, 4.69) is 16.4 Å². The molecule has 1 aliphatic carbocycles. The third-order valence-corrected chi connectivity index (χ3v) is 7.57. The van der Waals surface area contributed by atoms with Gasteiger partial charge in [0.25, 0.3) is 15.2 Å². The highest BCUT2D eigenvalue weighted by atomic mass is 32.3. The van der Waals surface area contributed by atoms with Gasteiger partial charge in [0.2, 0.25) is 0 Å². The number of aromatic nitrogens is 1. The lowest BCUT2D eigenvalue weighted by Crippen LogP contribution is -2.50. The van der Waals surface area contributed by atoms with Crippen LogP contribution >= 0.6 is 0 Å². The van der Waals surface area contributed by atoms with Crippen molar-refractivity contribution in [2.45, 2.75) is 52.3 Å². The quantitative estimate of drug-likeness (QED) is 0.153. The summed E-state index contributed by atoms with van der Waals surface area (Å²) >= 11 is 0. The van der Waals surface area contributed by atoms with E-state index in [0.717, 1.165) is 6.20 Å². The average molecular weight is 550 g/mol. The number of hydrazine groups is 1. The predicted octanol–water partition coefficient (Wildman–Crippen LogP) is 4.51. The molecular formula is C23H30F5N6O2S+. The number of hydrogen-bond donors (Lipinski definition) is 4. The molecule has 0 radical (unpaired) electrons. The molecule has 1 heterocycles. The molecule has 0 aliphatic heterocycles. The summed E-state index contributed by atoms with van der Waals surface area (Å²) in [5, 5.41) is 12.3. The molecule has 0 spiro atoms.